The van der Waals surface area contributed by atoms with Gasteiger partial charge in [0.05, 0.1) is 5.54 Å². The summed E-state index contributed by atoms with van der Waals surface area (Å²) in [5, 5.41) is 3.32. The van der Waals surface area contributed by atoms with Crippen LogP contribution in [0.3, 0.4) is 0 Å². The highest BCUT2D eigenvalue weighted by atomic mass is 16.1. The van der Waals surface area contributed by atoms with Gasteiger partial charge in [0.25, 0.3) is 0 Å². The van der Waals surface area contributed by atoms with Gasteiger partial charge >= 0.3 is 0 Å². The van der Waals surface area contributed by atoms with E-state index in [0.29, 0.717) is 5.57 Å². The van der Waals surface area contributed by atoms with Gasteiger partial charge in [0.2, 0.25) is 0 Å². The number of fused-ring (bicyclic) bond motifs is 1. The molecule has 15 heavy (non-hydrogen) atoms. The van der Waals surface area contributed by atoms with Gasteiger partial charge in [0.1, 0.15) is 0 Å². The molecule has 0 spiro atoms. The second-order valence-electron chi connectivity index (χ2n) is 4.61. The van der Waals surface area contributed by atoms with Gasteiger partial charge in [-0.2, -0.15) is 0 Å². The maximum atomic E-state index is 12.0. The summed E-state index contributed by atoms with van der Waals surface area (Å²) in [5.74, 6) is 0.0532. The smallest absolute Gasteiger partial charge is 0.192 e. The van der Waals surface area contributed by atoms with Crippen molar-refractivity contribution in [1.29, 1.82) is 0 Å². The molecule has 2 nitrogen and oxygen atoms in total. The summed E-state index contributed by atoms with van der Waals surface area (Å²) in [6, 6.07) is 5.87. The van der Waals surface area contributed by atoms with Crippen LogP contribution in [0.4, 0.5) is 5.69 Å². The van der Waals surface area contributed by atoms with Crippen molar-refractivity contribution in [3.63, 3.8) is 0 Å². The zero-order chi connectivity index (χ0) is 11.2. The standard InChI is InChI=1S/C13H15NO/c1-8-5-6-11-10(7-8)12(15)9(2)13(3,4)14-11/h5-7,14H,2H2,1,3-4H3. The summed E-state index contributed by atoms with van der Waals surface area (Å²) in [4.78, 5) is 12.0. The van der Waals surface area contributed by atoms with Gasteiger partial charge < -0.3 is 5.32 Å². The molecular weight excluding hydrogens is 186 g/mol. The van der Waals surface area contributed by atoms with Gasteiger partial charge in [-0.3, -0.25) is 4.79 Å². The van der Waals surface area contributed by atoms with Crippen LogP contribution in [0.2, 0.25) is 0 Å². The zero-order valence-corrected chi connectivity index (χ0v) is 9.35. The Balaban J connectivity index is 2.60. The molecule has 0 radical (unpaired) electrons. The molecule has 1 aliphatic heterocycles. The average Bonchev–Trinajstić information content (AvgIpc) is 2.16. The molecule has 0 saturated carbocycles. The predicted octanol–water partition coefficient (Wildman–Crippen LogP) is 2.94. The van der Waals surface area contributed by atoms with E-state index in [1.54, 1.807) is 0 Å². The largest absolute Gasteiger partial charge is 0.375 e. The third-order valence-corrected chi connectivity index (χ3v) is 2.90. The zero-order valence-electron chi connectivity index (χ0n) is 9.35. The maximum absolute atomic E-state index is 12.0. The molecule has 2 heteroatoms. The van der Waals surface area contributed by atoms with Gasteiger partial charge in [-0.15, -0.1) is 0 Å². The quantitative estimate of drug-likeness (QED) is 0.654. The van der Waals surface area contributed by atoms with Crippen molar-refractivity contribution in [2.24, 2.45) is 0 Å². The van der Waals surface area contributed by atoms with Crippen LogP contribution in [0.15, 0.2) is 30.4 Å². The van der Waals surface area contributed by atoms with Crippen LogP contribution in [0.1, 0.15) is 29.8 Å². The summed E-state index contributed by atoms with van der Waals surface area (Å²) >= 11 is 0. The number of anilines is 1. The van der Waals surface area contributed by atoms with Crippen LogP contribution in [-0.2, 0) is 0 Å². The van der Waals surface area contributed by atoms with Gasteiger partial charge in [0, 0.05) is 16.8 Å². The highest BCUT2D eigenvalue weighted by molar-refractivity contribution is 6.15. The molecule has 2 rings (SSSR count). The van der Waals surface area contributed by atoms with E-state index in [9.17, 15) is 4.79 Å². The molecule has 1 heterocycles. The van der Waals surface area contributed by atoms with Gasteiger partial charge in [0.15, 0.2) is 5.78 Å². The van der Waals surface area contributed by atoms with E-state index in [0.717, 1.165) is 16.8 Å². The van der Waals surface area contributed by atoms with Crippen molar-refractivity contribution in [1.82, 2.24) is 0 Å². The lowest BCUT2D eigenvalue weighted by Gasteiger charge is -2.34. The Morgan fingerprint density at radius 2 is 2.00 bits per heavy atom. The summed E-state index contributed by atoms with van der Waals surface area (Å²) < 4.78 is 0. The van der Waals surface area contributed by atoms with Crippen LogP contribution < -0.4 is 5.32 Å². The Labute approximate surface area is 90.0 Å². The van der Waals surface area contributed by atoms with E-state index in [2.05, 4.69) is 11.9 Å². The number of hydrogen-bond acceptors (Lipinski definition) is 2. The molecule has 0 atom stereocenters. The molecule has 78 valence electrons. The molecule has 0 aliphatic carbocycles. The minimum atomic E-state index is -0.348. The predicted molar refractivity (Wildman–Crippen MR) is 62.4 cm³/mol. The Morgan fingerprint density at radius 1 is 1.33 bits per heavy atom. The van der Waals surface area contributed by atoms with Gasteiger partial charge in [-0.25, -0.2) is 0 Å². The monoisotopic (exact) mass is 201 g/mol. The molecule has 0 bridgehead atoms. The first-order chi connectivity index (χ1) is 6.92. The van der Waals surface area contributed by atoms with Crippen LogP contribution in [-0.4, -0.2) is 11.3 Å². The summed E-state index contributed by atoms with van der Waals surface area (Å²) in [6.45, 7) is 9.78. The van der Waals surface area contributed by atoms with E-state index in [1.807, 2.05) is 39.0 Å². The molecule has 1 aromatic rings. The fourth-order valence-electron chi connectivity index (χ4n) is 1.81. The number of carbonyl (C=O) groups excluding carboxylic acids is 1. The lowest BCUT2D eigenvalue weighted by atomic mass is 9.83. The Morgan fingerprint density at radius 3 is 2.67 bits per heavy atom. The molecule has 1 N–H and O–H groups in total. The van der Waals surface area contributed by atoms with Crippen molar-refractivity contribution in [2.75, 3.05) is 5.32 Å². The highest BCUT2D eigenvalue weighted by Crippen LogP contribution is 2.33. The molecule has 1 aromatic carbocycles. The first-order valence-corrected chi connectivity index (χ1v) is 5.05. The number of carbonyl (C=O) groups is 1. The molecule has 0 fully saturated rings. The fourth-order valence-corrected chi connectivity index (χ4v) is 1.81. The number of hydrogen-bond donors (Lipinski definition) is 1. The first kappa shape index (κ1) is 9.97. The van der Waals surface area contributed by atoms with Crippen LogP contribution in [0.25, 0.3) is 0 Å². The van der Waals surface area contributed by atoms with E-state index in [1.165, 1.54) is 0 Å². The number of benzene rings is 1. The maximum Gasteiger partial charge on any atom is 0.192 e. The number of Topliss-reactive ketones (excluding diaryl/α,β-unsaturated/α-hetero) is 1. The SMILES string of the molecule is C=C1C(=O)c2cc(C)ccc2NC1(C)C. The second-order valence-corrected chi connectivity index (χ2v) is 4.61. The van der Waals surface area contributed by atoms with Crippen molar-refractivity contribution in [3.05, 3.63) is 41.5 Å². The van der Waals surface area contributed by atoms with E-state index in [4.69, 9.17) is 0 Å². The summed E-state index contributed by atoms with van der Waals surface area (Å²) in [6.07, 6.45) is 0. The van der Waals surface area contributed by atoms with Gasteiger partial charge in [-0.1, -0.05) is 18.2 Å². The minimum Gasteiger partial charge on any atom is -0.375 e. The first-order valence-electron chi connectivity index (χ1n) is 5.05. The minimum absolute atomic E-state index is 0.0532. The third kappa shape index (κ3) is 1.46. The Bertz CT molecular complexity index is 458. The molecule has 1 aliphatic rings. The van der Waals surface area contributed by atoms with Crippen LogP contribution in [0.5, 0.6) is 0 Å². The Hall–Kier alpha value is -1.57. The number of nitrogens with one attached hydrogen (secondary N) is 1. The lowest BCUT2D eigenvalue weighted by molar-refractivity contribution is 0.102. The number of ketones is 1. The van der Waals surface area contributed by atoms with Crippen LogP contribution >= 0.6 is 0 Å². The van der Waals surface area contributed by atoms with Crippen molar-refractivity contribution >= 4 is 11.5 Å². The topological polar surface area (TPSA) is 29.1 Å². The average molecular weight is 201 g/mol. The normalized spacial score (nSPS) is 18.3. The number of rotatable bonds is 0. The molecule has 0 amide bonds. The van der Waals surface area contributed by atoms with E-state index < -0.39 is 0 Å². The van der Waals surface area contributed by atoms with E-state index in [-0.39, 0.29) is 11.3 Å². The molecular formula is C13H15NO. The third-order valence-electron chi connectivity index (χ3n) is 2.90. The second kappa shape index (κ2) is 2.96. The van der Waals surface area contributed by atoms with E-state index >= 15 is 0 Å². The Kier molecular flexibility index (Phi) is 1.97. The van der Waals surface area contributed by atoms with Crippen LogP contribution in [0, 0.1) is 6.92 Å². The van der Waals surface area contributed by atoms with Crippen molar-refractivity contribution in [3.8, 4) is 0 Å². The van der Waals surface area contributed by atoms with Gasteiger partial charge in [-0.05, 0) is 32.9 Å². The molecule has 0 unspecified atom stereocenters. The number of aryl methyl sites for hydroxylation is 1. The lowest BCUT2D eigenvalue weighted by Crippen LogP contribution is -2.40. The van der Waals surface area contributed by atoms with Crippen molar-refractivity contribution < 1.29 is 4.79 Å². The van der Waals surface area contributed by atoms with Crippen molar-refractivity contribution in [2.45, 2.75) is 26.3 Å². The molecule has 0 saturated heterocycles. The fraction of sp³-hybridized carbons (Fsp3) is 0.308. The highest BCUT2D eigenvalue weighted by Gasteiger charge is 2.33. The molecule has 0 aromatic heterocycles. The summed E-state index contributed by atoms with van der Waals surface area (Å²) in [5.41, 5.74) is 3.01. The summed E-state index contributed by atoms with van der Waals surface area (Å²) in [7, 11) is 0.